The molecule has 22 heavy (non-hydrogen) atoms. The molecule has 0 aromatic heterocycles. The van der Waals surface area contributed by atoms with Crippen molar-refractivity contribution in [1.29, 1.82) is 0 Å². The Labute approximate surface area is 131 Å². The molecule has 0 aliphatic heterocycles. The molecule has 0 radical (unpaired) electrons. The van der Waals surface area contributed by atoms with Gasteiger partial charge in [0, 0.05) is 12.6 Å². The van der Waals surface area contributed by atoms with Crippen molar-refractivity contribution < 1.29 is 19.4 Å². The minimum absolute atomic E-state index is 0.0110. The topological polar surface area (TPSA) is 78.9 Å². The predicted octanol–water partition coefficient (Wildman–Crippen LogP) is 1.50. The molecule has 0 atom stereocenters. The van der Waals surface area contributed by atoms with Gasteiger partial charge in [-0.3, -0.25) is 14.5 Å². The van der Waals surface area contributed by atoms with Crippen LogP contribution >= 0.6 is 0 Å². The number of rotatable bonds is 9. The van der Waals surface area contributed by atoms with Gasteiger partial charge < -0.3 is 15.2 Å². The normalized spacial score (nSPS) is 10.8. The first kappa shape index (κ1) is 18.0. The number of carbonyl (C=O) groups is 2. The Morgan fingerprint density at radius 1 is 1.32 bits per heavy atom. The van der Waals surface area contributed by atoms with Gasteiger partial charge in [-0.25, -0.2) is 0 Å². The van der Waals surface area contributed by atoms with E-state index in [0.717, 1.165) is 11.3 Å². The fourth-order valence-corrected chi connectivity index (χ4v) is 1.95. The Morgan fingerprint density at radius 2 is 2.05 bits per heavy atom. The summed E-state index contributed by atoms with van der Waals surface area (Å²) in [4.78, 5) is 24.3. The van der Waals surface area contributed by atoms with E-state index in [1.807, 2.05) is 45.0 Å². The smallest absolute Gasteiger partial charge is 0.317 e. The zero-order valence-corrected chi connectivity index (χ0v) is 13.3. The lowest BCUT2D eigenvalue weighted by Gasteiger charge is -2.23. The third-order valence-corrected chi connectivity index (χ3v) is 3.11. The van der Waals surface area contributed by atoms with E-state index in [4.69, 9.17) is 9.84 Å². The highest BCUT2D eigenvalue weighted by Crippen LogP contribution is 2.13. The predicted molar refractivity (Wildman–Crippen MR) is 83.8 cm³/mol. The molecule has 1 rings (SSSR count). The van der Waals surface area contributed by atoms with Gasteiger partial charge in [-0.05, 0) is 38.5 Å². The fourth-order valence-electron chi connectivity index (χ4n) is 1.95. The van der Waals surface area contributed by atoms with E-state index in [0.29, 0.717) is 13.2 Å². The maximum Gasteiger partial charge on any atom is 0.317 e. The summed E-state index contributed by atoms with van der Waals surface area (Å²) >= 11 is 0. The number of hydrogen-bond donors (Lipinski definition) is 2. The van der Waals surface area contributed by atoms with Gasteiger partial charge >= 0.3 is 5.97 Å². The molecule has 6 heteroatoms. The molecule has 2 N–H and O–H groups in total. The molecular weight excluding hydrogens is 284 g/mol. The van der Waals surface area contributed by atoms with Crippen LogP contribution in [0.15, 0.2) is 24.3 Å². The second-order valence-electron chi connectivity index (χ2n) is 5.25. The van der Waals surface area contributed by atoms with Gasteiger partial charge in [0.05, 0.1) is 19.7 Å². The summed E-state index contributed by atoms with van der Waals surface area (Å²) in [5.74, 6) is -0.369. The monoisotopic (exact) mass is 308 g/mol. The number of amides is 1. The molecule has 0 fully saturated rings. The average molecular weight is 308 g/mol. The number of carboxylic acid groups (broad SMARTS) is 1. The summed E-state index contributed by atoms with van der Waals surface area (Å²) in [6.07, 6.45) is 0. The highest BCUT2D eigenvalue weighted by molar-refractivity contribution is 5.79. The standard InChI is InChI=1S/C16H24N2O4/c1-4-22-14-7-5-6-13(8-14)9-17-15(19)10-18(12(2)3)11-16(20)21/h5-8,12H,4,9-11H2,1-3H3,(H,17,19)(H,20,21). The second-order valence-corrected chi connectivity index (χ2v) is 5.25. The first-order chi connectivity index (χ1) is 10.4. The Bertz CT molecular complexity index is 503. The van der Waals surface area contributed by atoms with Crippen molar-refractivity contribution in [1.82, 2.24) is 10.2 Å². The number of nitrogens with zero attached hydrogens (tertiary/aromatic N) is 1. The van der Waals surface area contributed by atoms with Gasteiger partial charge in [-0.1, -0.05) is 12.1 Å². The van der Waals surface area contributed by atoms with Crippen LogP contribution in [0.25, 0.3) is 0 Å². The minimum Gasteiger partial charge on any atom is -0.494 e. The van der Waals surface area contributed by atoms with Gasteiger partial charge in [-0.15, -0.1) is 0 Å². The third-order valence-electron chi connectivity index (χ3n) is 3.11. The highest BCUT2D eigenvalue weighted by Gasteiger charge is 2.16. The summed E-state index contributed by atoms with van der Waals surface area (Å²) < 4.78 is 5.41. The molecule has 1 aromatic carbocycles. The summed E-state index contributed by atoms with van der Waals surface area (Å²) in [6, 6.07) is 7.50. The molecule has 0 aliphatic carbocycles. The van der Waals surface area contributed by atoms with E-state index in [-0.39, 0.29) is 25.0 Å². The van der Waals surface area contributed by atoms with Crippen LogP contribution in [0, 0.1) is 0 Å². The maximum absolute atomic E-state index is 11.9. The number of carbonyl (C=O) groups excluding carboxylic acids is 1. The third kappa shape index (κ3) is 6.58. The lowest BCUT2D eigenvalue weighted by atomic mass is 10.2. The molecule has 0 bridgehead atoms. The number of aliphatic carboxylic acids is 1. The number of benzene rings is 1. The number of nitrogens with one attached hydrogen (secondary N) is 1. The SMILES string of the molecule is CCOc1cccc(CNC(=O)CN(CC(=O)O)C(C)C)c1. The van der Waals surface area contributed by atoms with E-state index < -0.39 is 5.97 Å². The van der Waals surface area contributed by atoms with Crippen molar-refractivity contribution in [3.05, 3.63) is 29.8 Å². The zero-order chi connectivity index (χ0) is 16.5. The first-order valence-electron chi connectivity index (χ1n) is 7.36. The molecule has 0 heterocycles. The van der Waals surface area contributed by atoms with E-state index in [9.17, 15) is 9.59 Å². The molecule has 1 aromatic rings. The van der Waals surface area contributed by atoms with Crippen molar-refractivity contribution in [2.75, 3.05) is 19.7 Å². The van der Waals surface area contributed by atoms with Crippen LogP contribution in [0.1, 0.15) is 26.3 Å². The maximum atomic E-state index is 11.9. The van der Waals surface area contributed by atoms with Crippen LogP contribution in [-0.2, 0) is 16.1 Å². The number of ether oxygens (including phenoxy) is 1. The van der Waals surface area contributed by atoms with E-state index in [2.05, 4.69) is 5.32 Å². The van der Waals surface area contributed by atoms with E-state index in [1.54, 1.807) is 4.90 Å². The van der Waals surface area contributed by atoms with Crippen LogP contribution in [-0.4, -0.2) is 47.6 Å². The summed E-state index contributed by atoms with van der Waals surface area (Å²) in [5.41, 5.74) is 0.939. The van der Waals surface area contributed by atoms with Crippen LogP contribution in [0.3, 0.4) is 0 Å². The molecule has 0 aliphatic rings. The molecule has 1 amide bonds. The molecule has 0 saturated carbocycles. The van der Waals surface area contributed by atoms with E-state index in [1.165, 1.54) is 0 Å². The summed E-state index contributed by atoms with van der Waals surface area (Å²) in [5, 5.41) is 11.6. The average Bonchev–Trinajstić information content (AvgIpc) is 2.44. The first-order valence-corrected chi connectivity index (χ1v) is 7.36. The van der Waals surface area contributed by atoms with Gasteiger partial charge in [0.2, 0.25) is 5.91 Å². The number of hydrogen-bond acceptors (Lipinski definition) is 4. The quantitative estimate of drug-likeness (QED) is 0.723. The Balaban J connectivity index is 2.51. The Hall–Kier alpha value is -2.08. The summed E-state index contributed by atoms with van der Waals surface area (Å²) in [7, 11) is 0. The largest absolute Gasteiger partial charge is 0.494 e. The summed E-state index contributed by atoms with van der Waals surface area (Å²) in [6.45, 7) is 6.54. The van der Waals surface area contributed by atoms with Crippen LogP contribution in [0.5, 0.6) is 5.75 Å². The van der Waals surface area contributed by atoms with E-state index >= 15 is 0 Å². The minimum atomic E-state index is -0.939. The van der Waals surface area contributed by atoms with Gasteiger partial charge in [-0.2, -0.15) is 0 Å². The van der Waals surface area contributed by atoms with Crippen LogP contribution < -0.4 is 10.1 Å². The molecule has 0 spiro atoms. The lowest BCUT2D eigenvalue weighted by Crippen LogP contribution is -2.43. The van der Waals surface area contributed by atoms with Crippen molar-refractivity contribution >= 4 is 11.9 Å². The van der Waals surface area contributed by atoms with Crippen molar-refractivity contribution in [3.63, 3.8) is 0 Å². The van der Waals surface area contributed by atoms with Crippen molar-refractivity contribution in [2.45, 2.75) is 33.4 Å². The lowest BCUT2D eigenvalue weighted by molar-refractivity contribution is -0.139. The molecule has 122 valence electrons. The molecule has 0 unspecified atom stereocenters. The zero-order valence-electron chi connectivity index (χ0n) is 13.3. The second kappa shape index (κ2) is 9.04. The molecule has 6 nitrogen and oxygen atoms in total. The molecule has 0 saturated heterocycles. The highest BCUT2D eigenvalue weighted by atomic mass is 16.5. The van der Waals surface area contributed by atoms with Crippen molar-refractivity contribution in [2.24, 2.45) is 0 Å². The van der Waals surface area contributed by atoms with Crippen LogP contribution in [0.2, 0.25) is 0 Å². The van der Waals surface area contributed by atoms with Gasteiger partial charge in [0.25, 0.3) is 0 Å². The van der Waals surface area contributed by atoms with Gasteiger partial charge in [0.1, 0.15) is 5.75 Å². The fraction of sp³-hybridized carbons (Fsp3) is 0.500. The molecular formula is C16H24N2O4. The van der Waals surface area contributed by atoms with Crippen LogP contribution in [0.4, 0.5) is 0 Å². The Kier molecular flexibility index (Phi) is 7.39. The Morgan fingerprint density at radius 3 is 2.64 bits per heavy atom. The number of carboxylic acids is 1. The van der Waals surface area contributed by atoms with Gasteiger partial charge in [0.15, 0.2) is 0 Å². The van der Waals surface area contributed by atoms with Crippen molar-refractivity contribution in [3.8, 4) is 5.75 Å².